The van der Waals surface area contributed by atoms with Crippen LogP contribution in [-0.4, -0.2) is 26.3 Å². The number of benzene rings is 1. The summed E-state index contributed by atoms with van der Waals surface area (Å²) in [6, 6.07) is 8.59. The maximum absolute atomic E-state index is 5.70. The van der Waals surface area contributed by atoms with Gasteiger partial charge in [0.2, 0.25) is 0 Å². The summed E-state index contributed by atoms with van der Waals surface area (Å²) in [4.78, 5) is 0. The second-order valence-corrected chi connectivity index (χ2v) is 4.43. The van der Waals surface area contributed by atoms with E-state index in [-0.39, 0.29) is 0 Å². The van der Waals surface area contributed by atoms with Crippen molar-refractivity contribution in [3.05, 3.63) is 24.3 Å². The summed E-state index contributed by atoms with van der Waals surface area (Å²) in [5.74, 6) is 1.65. The summed E-state index contributed by atoms with van der Waals surface area (Å²) < 4.78 is 10.9. The van der Waals surface area contributed by atoms with Crippen LogP contribution in [0.15, 0.2) is 24.3 Å². The topological polar surface area (TPSA) is 30.5 Å². The minimum absolute atomic E-state index is 0.757. The van der Waals surface area contributed by atoms with Crippen molar-refractivity contribution in [2.24, 2.45) is 0 Å². The van der Waals surface area contributed by atoms with Gasteiger partial charge in [-0.1, -0.05) is 12.1 Å². The zero-order chi connectivity index (χ0) is 11.9. The Morgan fingerprint density at radius 1 is 1.18 bits per heavy atom. The predicted octanol–water partition coefficient (Wildman–Crippen LogP) is 2.61. The molecule has 3 nitrogen and oxygen atoms in total. The molecule has 0 radical (unpaired) electrons. The van der Waals surface area contributed by atoms with Crippen LogP contribution in [0.25, 0.3) is 0 Å². The first-order valence-electron chi connectivity index (χ1n) is 6.39. The minimum atomic E-state index is 0.757. The molecule has 0 aliphatic heterocycles. The van der Waals surface area contributed by atoms with Crippen molar-refractivity contribution >= 4 is 0 Å². The molecule has 17 heavy (non-hydrogen) atoms. The molecule has 3 heteroatoms. The van der Waals surface area contributed by atoms with E-state index in [0.29, 0.717) is 0 Å². The van der Waals surface area contributed by atoms with E-state index in [9.17, 15) is 0 Å². The Hall–Kier alpha value is -1.22. The molecule has 1 aliphatic rings. The molecule has 1 aliphatic carbocycles. The summed E-state index contributed by atoms with van der Waals surface area (Å²) in [5, 5.41) is 3.50. The molecular weight excluding hydrogens is 214 g/mol. The van der Waals surface area contributed by atoms with E-state index >= 15 is 0 Å². The summed E-state index contributed by atoms with van der Waals surface area (Å²) in [7, 11) is 1.67. The quantitative estimate of drug-likeness (QED) is 0.703. The molecule has 0 atom stereocenters. The normalized spacial score (nSPS) is 14.6. The number of hydrogen-bond donors (Lipinski definition) is 1. The van der Waals surface area contributed by atoms with Crippen molar-refractivity contribution in [1.82, 2.24) is 5.32 Å². The maximum Gasteiger partial charge on any atom is 0.161 e. The fourth-order valence-corrected chi connectivity index (χ4v) is 1.74. The van der Waals surface area contributed by atoms with Gasteiger partial charge in [-0.25, -0.2) is 0 Å². The lowest BCUT2D eigenvalue weighted by molar-refractivity contribution is 0.285. The van der Waals surface area contributed by atoms with Gasteiger partial charge < -0.3 is 14.8 Å². The van der Waals surface area contributed by atoms with E-state index in [1.165, 1.54) is 19.3 Å². The highest BCUT2D eigenvalue weighted by Gasteiger charge is 2.19. The number of methoxy groups -OCH3 is 1. The SMILES string of the molecule is COc1ccccc1OCCCCNC1CC1. The molecule has 0 amide bonds. The van der Waals surface area contributed by atoms with Crippen LogP contribution in [0, 0.1) is 0 Å². The molecule has 0 heterocycles. The van der Waals surface area contributed by atoms with Gasteiger partial charge >= 0.3 is 0 Å². The lowest BCUT2D eigenvalue weighted by Crippen LogP contribution is -2.17. The second kappa shape index (κ2) is 6.50. The molecule has 1 fully saturated rings. The first-order chi connectivity index (χ1) is 8.40. The molecule has 0 spiro atoms. The number of hydrogen-bond acceptors (Lipinski definition) is 3. The Morgan fingerprint density at radius 2 is 1.94 bits per heavy atom. The smallest absolute Gasteiger partial charge is 0.161 e. The fourth-order valence-electron chi connectivity index (χ4n) is 1.74. The number of ether oxygens (including phenoxy) is 2. The van der Waals surface area contributed by atoms with Gasteiger partial charge in [0.15, 0.2) is 11.5 Å². The van der Waals surface area contributed by atoms with Gasteiger partial charge in [-0.05, 0) is 44.4 Å². The van der Waals surface area contributed by atoms with E-state index < -0.39 is 0 Å². The highest BCUT2D eigenvalue weighted by atomic mass is 16.5. The monoisotopic (exact) mass is 235 g/mol. The van der Waals surface area contributed by atoms with Crippen molar-refractivity contribution in [2.75, 3.05) is 20.3 Å². The number of nitrogens with one attached hydrogen (secondary N) is 1. The molecule has 94 valence electrons. The Kier molecular flexibility index (Phi) is 4.68. The van der Waals surface area contributed by atoms with Crippen LogP contribution in [0.3, 0.4) is 0 Å². The summed E-state index contributed by atoms with van der Waals surface area (Å²) in [6.45, 7) is 1.87. The lowest BCUT2D eigenvalue weighted by Gasteiger charge is -2.10. The van der Waals surface area contributed by atoms with Gasteiger partial charge in [0.1, 0.15) is 0 Å². The van der Waals surface area contributed by atoms with Crippen molar-refractivity contribution in [3.63, 3.8) is 0 Å². The second-order valence-electron chi connectivity index (χ2n) is 4.43. The first kappa shape index (κ1) is 12.2. The third-order valence-electron chi connectivity index (χ3n) is 2.91. The zero-order valence-corrected chi connectivity index (χ0v) is 10.4. The number of para-hydroxylation sites is 2. The van der Waals surface area contributed by atoms with Gasteiger partial charge in [-0.2, -0.15) is 0 Å². The van der Waals surface area contributed by atoms with Crippen LogP contribution in [0.5, 0.6) is 11.5 Å². The lowest BCUT2D eigenvalue weighted by atomic mass is 10.3. The fraction of sp³-hybridized carbons (Fsp3) is 0.571. The van der Waals surface area contributed by atoms with E-state index in [4.69, 9.17) is 9.47 Å². The summed E-state index contributed by atoms with van der Waals surface area (Å²) in [6.07, 6.45) is 4.97. The third-order valence-corrected chi connectivity index (χ3v) is 2.91. The van der Waals surface area contributed by atoms with Crippen LogP contribution in [0.4, 0.5) is 0 Å². The van der Waals surface area contributed by atoms with Crippen LogP contribution in [-0.2, 0) is 0 Å². The molecule has 0 saturated heterocycles. The first-order valence-corrected chi connectivity index (χ1v) is 6.39. The summed E-state index contributed by atoms with van der Waals surface area (Å²) in [5.41, 5.74) is 0. The van der Waals surface area contributed by atoms with Crippen molar-refractivity contribution < 1.29 is 9.47 Å². The molecule has 1 aromatic rings. The van der Waals surface area contributed by atoms with Gasteiger partial charge in [-0.15, -0.1) is 0 Å². The average Bonchev–Trinajstić information content (AvgIpc) is 3.18. The van der Waals surface area contributed by atoms with Crippen molar-refractivity contribution in [3.8, 4) is 11.5 Å². The predicted molar refractivity (Wildman–Crippen MR) is 68.7 cm³/mol. The standard InChI is InChI=1S/C14H21NO2/c1-16-13-6-2-3-7-14(13)17-11-5-4-10-15-12-8-9-12/h2-3,6-7,12,15H,4-5,8-11H2,1H3. The van der Waals surface area contributed by atoms with Crippen LogP contribution >= 0.6 is 0 Å². The zero-order valence-electron chi connectivity index (χ0n) is 10.4. The molecule has 0 aromatic heterocycles. The Labute approximate surface area is 103 Å². The highest BCUT2D eigenvalue weighted by molar-refractivity contribution is 5.39. The van der Waals surface area contributed by atoms with Crippen molar-refractivity contribution in [1.29, 1.82) is 0 Å². The van der Waals surface area contributed by atoms with Gasteiger partial charge in [-0.3, -0.25) is 0 Å². The van der Waals surface area contributed by atoms with Crippen molar-refractivity contribution in [2.45, 2.75) is 31.7 Å². The van der Waals surface area contributed by atoms with Gasteiger partial charge in [0.25, 0.3) is 0 Å². The Morgan fingerprint density at radius 3 is 2.65 bits per heavy atom. The summed E-state index contributed by atoms with van der Waals surface area (Å²) >= 11 is 0. The van der Waals surface area contributed by atoms with E-state index in [1.807, 2.05) is 24.3 Å². The van der Waals surface area contributed by atoms with Gasteiger partial charge in [0.05, 0.1) is 13.7 Å². The number of unbranched alkanes of at least 4 members (excludes halogenated alkanes) is 1. The minimum Gasteiger partial charge on any atom is -0.493 e. The van der Waals surface area contributed by atoms with Gasteiger partial charge in [0, 0.05) is 6.04 Å². The maximum atomic E-state index is 5.70. The molecular formula is C14H21NO2. The highest BCUT2D eigenvalue weighted by Crippen LogP contribution is 2.25. The molecule has 0 bridgehead atoms. The number of rotatable bonds is 8. The van der Waals surface area contributed by atoms with E-state index in [2.05, 4.69) is 5.32 Å². The van der Waals surface area contributed by atoms with Crippen LogP contribution < -0.4 is 14.8 Å². The molecule has 2 rings (SSSR count). The van der Waals surface area contributed by atoms with E-state index in [0.717, 1.165) is 37.1 Å². The van der Waals surface area contributed by atoms with E-state index in [1.54, 1.807) is 7.11 Å². The van der Waals surface area contributed by atoms with Crippen LogP contribution in [0.2, 0.25) is 0 Å². The third kappa shape index (κ3) is 4.27. The Balaban J connectivity index is 1.59. The Bertz CT molecular complexity index is 337. The molecule has 1 N–H and O–H groups in total. The molecule has 1 saturated carbocycles. The average molecular weight is 235 g/mol. The van der Waals surface area contributed by atoms with Crippen LogP contribution in [0.1, 0.15) is 25.7 Å². The largest absolute Gasteiger partial charge is 0.493 e. The molecule has 1 aromatic carbocycles. The molecule has 0 unspecified atom stereocenters.